The van der Waals surface area contributed by atoms with Crippen molar-refractivity contribution in [3.63, 3.8) is 0 Å². The number of halogens is 1. The van der Waals surface area contributed by atoms with Crippen molar-refractivity contribution in [2.45, 2.75) is 39.4 Å². The lowest BCUT2D eigenvalue weighted by molar-refractivity contribution is 0.118. The summed E-state index contributed by atoms with van der Waals surface area (Å²) in [5, 5.41) is 0. The molecule has 1 atom stereocenters. The maximum absolute atomic E-state index is 13.5. The number of nitrogens with zero attached hydrogens (tertiary/aromatic N) is 1. The van der Waals surface area contributed by atoms with Crippen molar-refractivity contribution < 1.29 is 26.9 Å². The van der Waals surface area contributed by atoms with Crippen LogP contribution in [0.2, 0.25) is 0 Å². The van der Waals surface area contributed by atoms with Crippen molar-refractivity contribution in [2.24, 2.45) is 0 Å². The molecule has 1 aromatic carbocycles. The van der Waals surface area contributed by atoms with Crippen LogP contribution in [0.25, 0.3) is 5.88 Å². The van der Waals surface area contributed by atoms with Crippen molar-refractivity contribution in [1.82, 2.24) is 9.55 Å². The van der Waals surface area contributed by atoms with E-state index >= 15 is 0 Å². The number of furan rings is 1. The fourth-order valence-electron chi connectivity index (χ4n) is 2.91. The number of rotatable bonds is 4. The molecule has 31 heavy (non-hydrogen) atoms. The van der Waals surface area contributed by atoms with Crippen LogP contribution in [0.1, 0.15) is 37.7 Å². The van der Waals surface area contributed by atoms with E-state index in [4.69, 9.17) is 18.0 Å². The molecule has 0 amide bonds. The third kappa shape index (κ3) is 4.41. The lowest BCUT2D eigenvalue weighted by atomic mass is 9.87. The van der Waals surface area contributed by atoms with E-state index in [2.05, 4.69) is 20.8 Å². The topological polar surface area (TPSA) is 113 Å². The zero-order valence-electron chi connectivity index (χ0n) is 17.0. The second-order valence-electron chi connectivity index (χ2n) is 8.01. The Balaban J connectivity index is 1.50. The largest absolute Gasteiger partial charge is 0.530 e. The summed E-state index contributed by atoms with van der Waals surface area (Å²) in [6.07, 6.45) is 0.684. The van der Waals surface area contributed by atoms with Gasteiger partial charge in [0.15, 0.2) is 11.5 Å². The van der Waals surface area contributed by atoms with Gasteiger partial charge in [-0.25, -0.2) is 13.9 Å². The maximum atomic E-state index is 13.5. The van der Waals surface area contributed by atoms with E-state index in [1.807, 2.05) is 29.2 Å². The average molecular weight is 450 g/mol. The van der Waals surface area contributed by atoms with E-state index in [0.29, 0.717) is 6.20 Å². The lowest BCUT2D eigenvalue weighted by Gasteiger charge is -2.22. The smallest absolute Gasteiger partial charge is 0.438 e. The summed E-state index contributed by atoms with van der Waals surface area (Å²) < 4.78 is 48.5. The van der Waals surface area contributed by atoms with Crippen LogP contribution in [0.3, 0.4) is 0 Å². The number of fused-ring (bicyclic) bond motifs is 1. The normalized spacial score (nSPS) is 18.5. The Morgan fingerprint density at radius 1 is 1.23 bits per heavy atom. The zero-order valence-corrected chi connectivity index (χ0v) is 17.9. The van der Waals surface area contributed by atoms with Gasteiger partial charge in [0.25, 0.3) is 5.56 Å². The van der Waals surface area contributed by atoms with Gasteiger partial charge in [0.05, 0.1) is 12.8 Å². The van der Waals surface area contributed by atoms with Gasteiger partial charge < -0.3 is 8.94 Å². The molecule has 1 N–H and O–H groups in total. The molecule has 0 saturated carbocycles. The Kier molecular flexibility index (Phi) is 5.25. The van der Waals surface area contributed by atoms with Gasteiger partial charge in [0.2, 0.25) is 11.7 Å². The summed E-state index contributed by atoms with van der Waals surface area (Å²) >= 11 is 0. The molecule has 4 rings (SSSR count). The maximum Gasteiger partial charge on any atom is 0.530 e. The summed E-state index contributed by atoms with van der Waals surface area (Å²) in [5.41, 5.74) is -0.114. The number of aromatic amines is 1. The third-order valence-electron chi connectivity index (χ3n) is 4.67. The van der Waals surface area contributed by atoms with Crippen LogP contribution in [-0.2, 0) is 32.2 Å². The minimum absolute atomic E-state index is 0.00761. The van der Waals surface area contributed by atoms with E-state index < -0.39 is 24.9 Å². The summed E-state index contributed by atoms with van der Waals surface area (Å²) in [5.74, 6) is -1.14. The number of phosphoric acid groups is 1. The minimum atomic E-state index is -3.94. The Hall–Kier alpha value is -2.94. The third-order valence-corrected chi connectivity index (χ3v) is 5.98. The van der Waals surface area contributed by atoms with Gasteiger partial charge >= 0.3 is 13.5 Å². The summed E-state index contributed by atoms with van der Waals surface area (Å²) in [6, 6.07) is 8.92. The molecule has 1 aliphatic rings. The van der Waals surface area contributed by atoms with Crippen molar-refractivity contribution >= 4 is 7.82 Å². The van der Waals surface area contributed by atoms with E-state index in [0.717, 1.165) is 15.7 Å². The number of hydrogen-bond acceptors (Lipinski definition) is 7. The van der Waals surface area contributed by atoms with E-state index in [9.17, 15) is 18.5 Å². The Morgan fingerprint density at radius 2 is 1.94 bits per heavy atom. The first-order valence-electron chi connectivity index (χ1n) is 9.37. The predicted octanol–water partition coefficient (Wildman–Crippen LogP) is 3.79. The molecule has 11 heteroatoms. The standard InChI is InChI=1S/C20H20FN2O7P/c1-20(2,3)13-6-4-12(5-7-13)10-27-31(26)28-11-16-15(30-31)8-17(29-16)23-9-14(21)18(24)22-19(23)25/h4-9H,10-11H2,1-3H3,(H,22,24,25). The second-order valence-corrected chi connectivity index (χ2v) is 9.60. The Morgan fingerprint density at radius 3 is 2.61 bits per heavy atom. The van der Waals surface area contributed by atoms with Gasteiger partial charge in [-0.05, 0) is 16.5 Å². The number of benzene rings is 1. The van der Waals surface area contributed by atoms with Crippen LogP contribution < -0.4 is 15.8 Å². The number of aromatic nitrogens is 2. The number of phosphoric ester groups is 1. The fraction of sp³-hybridized carbons (Fsp3) is 0.300. The average Bonchev–Trinajstić information content (AvgIpc) is 3.11. The first kappa shape index (κ1) is 21.3. The monoisotopic (exact) mass is 450 g/mol. The molecular weight excluding hydrogens is 430 g/mol. The van der Waals surface area contributed by atoms with Gasteiger partial charge in [0, 0.05) is 6.07 Å². The molecule has 3 aromatic rings. The van der Waals surface area contributed by atoms with Gasteiger partial charge in [-0.3, -0.25) is 18.8 Å². The Bertz CT molecular complexity index is 1280. The summed E-state index contributed by atoms with van der Waals surface area (Å²) in [6.45, 7) is 6.06. The predicted molar refractivity (Wildman–Crippen MR) is 108 cm³/mol. The highest BCUT2D eigenvalue weighted by Gasteiger charge is 2.37. The first-order chi connectivity index (χ1) is 14.5. The van der Waals surface area contributed by atoms with Crippen LogP contribution >= 0.6 is 7.82 Å². The van der Waals surface area contributed by atoms with Gasteiger partial charge in [0.1, 0.15) is 6.61 Å². The SMILES string of the molecule is CC(C)(C)c1ccc(COP2(=O)OCc3oc(-n4cc(F)c(=O)[nH]c4=O)cc3O2)cc1. The van der Waals surface area contributed by atoms with E-state index in [-0.39, 0.29) is 36.0 Å². The summed E-state index contributed by atoms with van der Waals surface area (Å²) in [4.78, 5) is 24.9. The van der Waals surface area contributed by atoms with Gasteiger partial charge in [-0.2, -0.15) is 4.39 Å². The Labute approximate surface area is 176 Å². The first-order valence-corrected chi connectivity index (χ1v) is 10.8. The van der Waals surface area contributed by atoms with Crippen molar-refractivity contribution in [2.75, 3.05) is 0 Å². The van der Waals surface area contributed by atoms with Crippen LogP contribution in [0.15, 0.2) is 50.5 Å². The molecular formula is C20H20FN2O7P. The van der Waals surface area contributed by atoms with Crippen molar-refractivity contribution in [3.8, 4) is 11.6 Å². The highest BCUT2D eigenvalue weighted by atomic mass is 31.2. The van der Waals surface area contributed by atoms with Crippen molar-refractivity contribution in [1.29, 1.82) is 0 Å². The summed E-state index contributed by atoms with van der Waals surface area (Å²) in [7, 11) is -3.94. The van der Waals surface area contributed by atoms with Crippen LogP contribution in [0.5, 0.6) is 5.75 Å². The number of nitrogens with one attached hydrogen (secondary N) is 1. The van der Waals surface area contributed by atoms with Gasteiger partial charge in [-0.15, -0.1) is 0 Å². The molecule has 0 aliphatic carbocycles. The number of hydrogen-bond donors (Lipinski definition) is 1. The number of H-pyrrole nitrogens is 1. The fourth-order valence-corrected chi connectivity index (χ4v) is 4.07. The van der Waals surface area contributed by atoms with Gasteiger partial charge in [-0.1, -0.05) is 45.0 Å². The molecule has 1 aliphatic heterocycles. The van der Waals surface area contributed by atoms with Crippen LogP contribution in [-0.4, -0.2) is 9.55 Å². The zero-order chi connectivity index (χ0) is 22.4. The molecule has 1 unspecified atom stereocenters. The van der Waals surface area contributed by atoms with Crippen LogP contribution in [0.4, 0.5) is 4.39 Å². The van der Waals surface area contributed by atoms with Crippen LogP contribution in [0, 0.1) is 5.82 Å². The highest BCUT2D eigenvalue weighted by molar-refractivity contribution is 7.49. The quantitative estimate of drug-likeness (QED) is 0.602. The highest BCUT2D eigenvalue weighted by Crippen LogP contribution is 2.55. The molecule has 0 saturated heterocycles. The lowest BCUT2D eigenvalue weighted by Crippen LogP contribution is -2.30. The van der Waals surface area contributed by atoms with E-state index in [1.54, 1.807) is 0 Å². The molecule has 0 radical (unpaired) electrons. The second kappa shape index (κ2) is 7.64. The van der Waals surface area contributed by atoms with E-state index in [1.165, 1.54) is 6.07 Å². The minimum Gasteiger partial charge on any atom is -0.438 e. The molecule has 0 bridgehead atoms. The molecule has 164 valence electrons. The molecule has 9 nitrogen and oxygen atoms in total. The molecule has 2 aromatic heterocycles. The van der Waals surface area contributed by atoms with Crippen molar-refractivity contribution in [3.05, 3.63) is 80.1 Å². The molecule has 3 heterocycles. The molecule has 0 spiro atoms. The molecule has 0 fully saturated rings.